The van der Waals surface area contributed by atoms with Crippen molar-refractivity contribution >= 4 is 17.5 Å². The van der Waals surface area contributed by atoms with E-state index < -0.39 is 5.41 Å². The van der Waals surface area contributed by atoms with Gasteiger partial charge in [-0.15, -0.1) is 0 Å². The second kappa shape index (κ2) is 6.37. The molecule has 126 valence electrons. The van der Waals surface area contributed by atoms with E-state index in [2.05, 4.69) is 10.4 Å². The van der Waals surface area contributed by atoms with E-state index in [1.54, 1.807) is 6.20 Å². The predicted molar refractivity (Wildman–Crippen MR) is 97.8 cm³/mol. The summed E-state index contributed by atoms with van der Waals surface area (Å²) in [6, 6.07) is 17.4. The minimum absolute atomic E-state index is 0.0742. The van der Waals surface area contributed by atoms with Gasteiger partial charge in [-0.1, -0.05) is 41.9 Å². The molecule has 1 fully saturated rings. The summed E-state index contributed by atoms with van der Waals surface area (Å²) in [4.78, 5) is 12.8. The van der Waals surface area contributed by atoms with Gasteiger partial charge in [0.05, 0.1) is 11.1 Å². The Morgan fingerprint density at radius 2 is 1.88 bits per heavy atom. The lowest BCUT2D eigenvalue weighted by molar-refractivity contribution is -0.123. The number of nitrogens with one attached hydrogen (secondary N) is 1. The molecule has 1 saturated carbocycles. The molecule has 25 heavy (non-hydrogen) atoms. The van der Waals surface area contributed by atoms with E-state index in [-0.39, 0.29) is 5.91 Å². The van der Waals surface area contributed by atoms with Gasteiger partial charge in [0.2, 0.25) is 5.91 Å². The van der Waals surface area contributed by atoms with Gasteiger partial charge in [0, 0.05) is 24.0 Å². The molecule has 1 N–H and O–H groups in total. The maximum Gasteiger partial charge on any atom is 0.230 e. The van der Waals surface area contributed by atoms with Crippen LogP contribution < -0.4 is 5.32 Å². The van der Waals surface area contributed by atoms with E-state index in [0.717, 1.165) is 29.7 Å². The third-order valence-electron chi connectivity index (χ3n) is 4.76. The zero-order valence-electron chi connectivity index (χ0n) is 13.7. The standard InChI is InChI=1S/C20H18ClN3O/c21-17-8-6-16(7-9-17)20(10-11-20)19(25)22-14-15-4-1-2-5-18(15)24-13-3-12-23-24/h1-9,12-13H,10-11,14H2,(H,22,25). The lowest BCUT2D eigenvalue weighted by atomic mass is 9.95. The Balaban J connectivity index is 1.51. The fourth-order valence-corrected chi connectivity index (χ4v) is 3.31. The van der Waals surface area contributed by atoms with Crippen LogP contribution in [0.5, 0.6) is 0 Å². The lowest BCUT2D eigenvalue weighted by Gasteiger charge is -2.17. The molecule has 1 aromatic heterocycles. The summed E-state index contributed by atoms with van der Waals surface area (Å²) in [7, 11) is 0. The molecule has 0 atom stereocenters. The normalized spacial score (nSPS) is 14.9. The Morgan fingerprint density at radius 1 is 1.12 bits per heavy atom. The number of hydrogen-bond acceptors (Lipinski definition) is 2. The smallest absolute Gasteiger partial charge is 0.230 e. The number of para-hydroxylation sites is 1. The zero-order chi connectivity index (χ0) is 17.3. The molecular formula is C20H18ClN3O. The van der Waals surface area contributed by atoms with Gasteiger partial charge in [0.15, 0.2) is 0 Å². The number of amides is 1. The van der Waals surface area contributed by atoms with Crippen LogP contribution in [0, 0.1) is 0 Å². The molecule has 4 nitrogen and oxygen atoms in total. The summed E-state index contributed by atoms with van der Waals surface area (Å²) in [5.41, 5.74) is 2.65. The summed E-state index contributed by atoms with van der Waals surface area (Å²) < 4.78 is 1.81. The summed E-state index contributed by atoms with van der Waals surface area (Å²) in [5.74, 6) is 0.0742. The number of carbonyl (C=O) groups excluding carboxylic acids is 1. The van der Waals surface area contributed by atoms with Gasteiger partial charge >= 0.3 is 0 Å². The van der Waals surface area contributed by atoms with Crippen LogP contribution in [0.4, 0.5) is 0 Å². The molecule has 5 heteroatoms. The number of nitrogens with zero attached hydrogens (tertiary/aromatic N) is 2. The second-order valence-corrected chi connectivity index (χ2v) is 6.79. The van der Waals surface area contributed by atoms with Gasteiger partial charge in [0.1, 0.15) is 0 Å². The molecule has 4 rings (SSSR count). The number of carbonyl (C=O) groups is 1. The second-order valence-electron chi connectivity index (χ2n) is 6.35. The first-order chi connectivity index (χ1) is 12.2. The predicted octanol–water partition coefficient (Wildman–Crippen LogP) is 3.87. The fourth-order valence-electron chi connectivity index (χ4n) is 3.18. The molecular weight excluding hydrogens is 334 g/mol. The van der Waals surface area contributed by atoms with Crippen LogP contribution in [0.25, 0.3) is 5.69 Å². The molecule has 1 aliphatic carbocycles. The highest BCUT2D eigenvalue weighted by atomic mass is 35.5. The highest BCUT2D eigenvalue weighted by Crippen LogP contribution is 2.48. The molecule has 1 aliphatic rings. The van der Waals surface area contributed by atoms with Crippen molar-refractivity contribution in [2.75, 3.05) is 0 Å². The summed E-state index contributed by atoms with van der Waals surface area (Å²) in [6.07, 6.45) is 5.40. The highest BCUT2D eigenvalue weighted by Gasteiger charge is 2.51. The quantitative estimate of drug-likeness (QED) is 0.758. The van der Waals surface area contributed by atoms with Crippen molar-refractivity contribution in [1.29, 1.82) is 0 Å². The van der Waals surface area contributed by atoms with Gasteiger partial charge in [-0.3, -0.25) is 4.79 Å². The van der Waals surface area contributed by atoms with Crippen molar-refractivity contribution in [3.63, 3.8) is 0 Å². The highest BCUT2D eigenvalue weighted by molar-refractivity contribution is 6.30. The molecule has 0 saturated heterocycles. The van der Waals surface area contributed by atoms with E-state index in [4.69, 9.17) is 11.6 Å². The monoisotopic (exact) mass is 351 g/mol. The van der Waals surface area contributed by atoms with Gasteiger partial charge in [-0.25, -0.2) is 4.68 Å². The van der Waals surface area contributed by atoms with Crippen LogP contribution in [-0.4, -0.2) is 15.7 Å². The number of aromatic nitrogens is 2. The molecule has 0 aliphatic heterocycles. The molecule has 0 spiro atoms. The molecule has 2 aromatic carbocycles. The summed E-state index contributed by atoms with van der Waals surface area (Å²) in [5, 5.41) is 8.07. The molecule has 0 radical (unpaired) electrons. The van der Waals surface area contributed by atoms with Crippen molar-refractivity contribution < 1.29 is 4.79 Å². The Hall–Kier alpha value is -2.59. The third kappa shape index (κ3) is 3.05. The van der Waals surface area contributed by atoms with Crippen molar-refractivity contribution in [3.05, 3.63) is 83.1 Å². The zero-order valence-corrected chi connectivity index (χ0v) is 14.4. The summed E-state index contributed by atoms with van der Waals surface area (Å²) >= 11 is 5.96. The van der Waals surface area contributed by atoms with Crippen molar-refractivity contribution in [2.24, 2.45) is 0 Å². The number of hydrogen-bond donors (Lipinski definition) is 1. The average Bonchev–Trinajstić information content (AvgIpc) is 3.27. The van der Waals surface area contributed by atoms with Crippen LogP contribution in [-0.2, 0) is 16.8 Å². The lowest BCUT2D eigenvalue weighted by Crippen LogP contribution is -2.34. The van der Waals surface area contributed by atoms with E-state index in [0.29, 0.717) is 11.6 Å². The van der Waals surface area contributed by atoms with E-state index >= 15 is 0 Å². The Kier molecular flexibility index (Phi) is 4.06. The van der Waals surface area contributed by atoms with E-state index in [9.17, 15) is 4.79 Å². The van der Waals surface area contributed by atoms with Crippen LogP contribution in [0.1, 0.15) is 24.0 Å². The molecule has 3 aromatic rings. The van der Waals surface area contributed by atoms with Crippen LogP contribution in [0.3, 0.4) is 0 Å². The molecule has 0 bridgehead atoms. The first-order valence-corrected chi connectivity index (χ1v) is 8.69. The minimum Gasteiger partial charge on any atom is -0.351 e. The Bertz CT molecular complexity index is 884. The van der Waals surface area contributed by atoms with Crippen molar-refractivity contribution in [2.45, 2.75) is 24.8 Å². The minimum atomic E-state index is -0.398. The van der Waals surface area contributed by atoms with Gasteiger partial charge in [0.25, 0.3) is 0 Å². The number of rotatable bonds is 5. The topological polar surface area (TPSA) is 46.9 Å². The van der Waals surface area contributed by atoms with E-state index in [1.165, 1.54) is 0 Å². The van der Waals surface area contributed by atoms with Crippen molar-refractivity contribution in [1.82, 2.24) is 15.1 Å². The maximum atomic E-state index is 12.8. The fraction of sp³-hybridized carbons (Fsp3) is 0.200. The van der Waals surface area contributed by atoms with Gasteiger partial charge < -0.3 is 5.32 Å². The van der Waals surface area contributed by atoms with E-state index in [1.807, 2.05) is 65.5 Å². The van der Waals surface area contributed by atoms with Crippen LogP contribution in [0.15, 0.2) is 67.0 Å². The van der Waals surface area contributed by atoms with Crippen LogP contribution >= 0.6 is 11.6 Å². The first kappa shape index (κ1) is 15.9. The number of benzene rings is 2. The first-order valence-electron chi connectivity index (χ1n) is 8.31. The maximum absolute atomic E-state index is 12.8. The number of halogens is 1. The van der Waals surface area contributed by atoms with Gasteiger partial charge in [-0.2, -0.15) is 5.10 Å². The molecule has 1 amide bonds. The average molecular weight is 352 g/mol. The molecule has 1 heterocycles. The Morgan fingerprint density at radius 3 is 2.56 bits per heavy atom. The van der Waals surface area contributed by atoms with Crippen LogP contribution in [0.2, 0.25) is 5.02 Å². The SMILES string of the molecule is O=C(NCc1ccccc1-n1cccn1)C1(c2ccc(Cl)cc2)CC1. The Labute approximate surface area is 151 Å². The summed E-state index contributed by atoms with van der Waals surface area (Å²) in [6.45, 7) is 0.476. The largest absolute Gasteiger partial charge is 0.351 e. The molecule has 0 unspecified atom stereocenters. The van der Waals surface area contributed by atoms with Crippen molar-refractivity contribution in [3.8, 4) is 5.69 Å². The third-order valence-corrected chi connectivity index (χ3v) is 5.02. The van der Waals surface area contributed by atoms with Gasteiger partial charge in [-0.05, 0) is 48.2 Å².